The number of carbonyl (C=O) groups is 1. The minimum atomic E-state index is -0.513. The number of aromatic nitrogens is 2. The van der Waals surface area contributed by atoms with Gasteiger partial charge >= 0.3 is 0 Å². The summed E-state index contributed by atoms with van der Waals surface area (Å²) in [5, 5.41) is 11.7. The molecule has 0 fully saturated rings. The Morgan fingerprint density at radius 2 is 2.00 bits per heavy atom. The summed E-state index contributed by atoms with van der Waals surface area (Å²) < 4.78 is 7.24. The summed E-state index contributed by atoms with van der Waals surface area (Å²) in [7, 11) is 1.72. The van der Waals surface area contributed by atoms with Gasteiger partial charge in [-0.1, -0.05) is 35.9 Å². The fourth-order valence-electron chi connectivity index (χ4n) is 3.01. The zero-order chi connectivity index (χ0) is 22.1. The van der Waals surface area contributed by atoms with Crippen molar-refractivity contribution >= 4 is 47.4 Å². The van der Waals surface area contributed by atoms with Crippen molar-refractivity contribution < 1.29 is 9.53 Å². The molecule has 0 saturated carbocycles. The van der Waals surface area contributed by atoms with Gasteiger partial charge in [0.2, 0.25) is 0 Å². The lowest BCUT2D eigenvalue weighted by Gasteiger charge is -2.21. The summed E-state index contributed by atoms with van der Waals surface area (Å²) in [6, 6.07) is 17.0. The van der Waals surface area contributed by atoms with E-state index in [2.05, 4.69) is 20.7 Å². The number of rotatable bonds is 9. The second kappa shape index (κ2) is 12.9. The van der Waals surface area contributed by atoms with Gasteiger partial charge in [-0.15, -0.1) is 24.0 Å². The van der Waals surface area contributed by atoms with Crippen LogP contribution in [0.2, 0.25) is 5.02 Å². The highest BCUT2D eigenvalue weighted by Crippen LogP contribution is 2.19. The van der Waals surface area contributed by atoms with Crippen LogP contribution in [0.4, 0.5) is 0 Å². The number of hydrogen-bond donors (Lipinski definition) is 3. The van der Waals surface area contributed by atoms with Crippen LogP contribution in [0.1, 0.15) is 17.2 Å². The molecule has 1 atom stereocenters. The standard InChI is InChI=1S/C22H25ClN6O2.HI/c1-25-22(26-13-16-4-2-5-19(12-16)31-15-21(24)30)27-14-20(29-11-3-10-28-29)17-6-8-18(23)9-7-17;/h2-12,20H,13-15H2,1H3,(H2,24,30)(H2,25,26,27);1H. The van der Waals surface area contributed by atoms with Gasteiger partial charge in [-0.3, -0.25) is 14.5 Å². The molecular formula is C22H26ClIN6O2. The van der Waals surface area contributed by atoms with Crippen molar-refractivity contribution in [3.8, 4) is 5.75 Å². The summed E-state index contributed by atoms with van der Waals surface area (Å²) >= 11 is 6.04. The first-order valence-electron chi connectivity index (χ1n) is 9.74. The first-order valence-corrected chi connectivity index (χ1v) is 10.1. The molecule has 3 aromatic rings. The molecule has 0 spiro atoms. The van der Waals surface area contributed by atoms with Gasteiger partial charge < -0.3 is 21.1 Å². The minimum Gasteiger partial charge on any atom is -0.484 e. The Kier molecular flexibility index (Phi) is 10.3. The monoisotopic (exact) mass is 568 g/mol. The molecule has 0 radical (unpaired) electrons. The number of halogens is 2. The lowest BCUT2D eigenvalue weighted by atomic mass is 10.1. The van der Waals surface area contributed by atoms with E-state index in [1.807, 2.05) is 59.4 Å². The van der Waals surface area contributed by atoms with Crippen LogP contribution >= 0.6 is 35.6 Å². The number of hydrogen-bond acceptors (Lipinski definition) is 4. The van der Waals surface area contributed by atoms with Crippen LogP contribution in [0.5, 0.6) is 5.75 Å². The number of guanidine groups is 1. The Hall–Kier alpha value is -2.79. The third-order valence-corrected chi connectivity index (χ3v) is 4.78. The number of aliphatic imine (C=N–C) groups is 1. The minimum absolute atomic E-state index is 0. The smallest absolute Gasteiger partial charge is 0.255 e. The molecular weight excluding hydrogens is 543 g/mol. The van der Waals surface area contributed by atoms with Crippen LogP contribution in [0.3, 0.4) is 0 Å². The van der Waals surface area contributed by atoms with Gasteiger partial charge in [-0.2, -0.15) is 5.10 Å². The Morgan fingerprint density at radius 1 is 1.22 bits per heavy atom. The summed E-state index contributed by atoms with van der Waals surface area (Å²) in [6.45, 7) is 0.950. The number of nitrogens with two attached hydrogens (primary N) is 1. The van der Waals surface area contributed by atoms with Gasteiger partial charge in [0.05, 0.1) is 6.04 Å². The zero-order valence-electron chi connectivity index (χ0n) is 17.6. The fraction of sp³-hybridized carbons (Fsp3) is 0.227. The van der Waals surface area contributed by atoms with E-state index < -0.39 is 5.91 Å². The van der Waals surface area contributed by atoms with Gasteiger partial charge in [0, 0.05) is 37.6 Å². The summed E-state index contributed by atoms with van der Waals surface area (Å²) in [6.07, 6.45) is 3.68. The maximum atomic E-state index is 10.9. The molecule has 2 aromatic carbocycles. The highest BCUT2D eigenvalue weighted by Gasteiger charge is 2.15. The topological polar surface area (TPSA) is 107 Å². The van der Waals surface area contributed by atoms with Gasteiger partial charge in [0.25, 0.3) is 5.91 Å². The fourth-order valence-corrected chi connectivity index (χ4v) is 3.14. The number of benzene rings is 2. The largest absolute Gasteiger partial charge is 0.484 e. The first kappa shape index (κ1) is 25.5. The van der Waals surface area contributed by atoms with Crippen molar-refractivity contribution in [3.63, 3.8) is 0 Å². The number of nitrogens with zero attached hydrogens (tertiary/aromatic N) is 3. The second-order valence-electron chi connectivity index (χ2n) is 6.76. The van der Waals surface area contributed by atoms with Crippen molar-refractivity contribution in [2.45, 2.75) is 12.6 Å². The van der Waals surface area contributed by atoms with Crippen LogP contribution in [-0.4, -0.2) is 41.8 Å². The van der Waals surface area contributed by atoms with Crippen molar-refractivity contribution in [2.24, 2.45) is 10.7 Å². The molecule has 1 aromatic heterocycles. The van der Waals surface area contributed by atoms with E-state index >= 15 is 0 Å². The molecule has 0 bridgehead atoms. The third kappa shape index (κ3) is 7.72. The van der Waals surface area contributed by atoms with Gasteiger partial charge in [0.15, 0.2) is 12.6 Å². The normalized spacial score (nSPS) is 11.9. The molecule has 0 aliphatic heterocycles. The van der Waals surface area contributed by atoms with Crippen LogP contribution < -0.4 is 21.1 Å². The molecule has 8 nitrogen and oxygen atoms in total. The van der Waals surface area contributed by atoms with E-state index in [-0.39, 0.29) is 36.6 Å². The molecule has 32 heavy (non-hydrogen) atoms. The second-order valence-corrected chi connectivity index (χ2v) is 7.20. The molecule has 0 aliphatic carbocycles. The highest BCUT2D eigenvalue weighted by molar-refractivity contribution is 14.0. The summed E-state index contributed by atoms with van der Waals surface area (Å²) in [5.41, 5.74) is 7.18. The van der Waals surface area contributed by atoms with Crippen molar-refractivity contribution in [1.29, 1.82) is 0 Å². The molecule has 3 rings (SSSR count). The van der Waals surface area contributed by atoms with Crippen LogP contribution in [0.25, 0.3) is 0 Å². The summed E-state index contributed by atoms with van der Waals surface area (Å²) in [4.78, 5) is 15.2. The van der Waals surface area contributed by atoms with Crippen LogP contribution in [0.15, 0.2) is 72.0 Å². The number of nitrogens with one attached hydrogen (secondary N) is 2. The molecule has 1 amide bonds. The number of ether oxygens (including phenoxy) is 1. The lowest BCUT2D eigenvalue weighted by Crippen LogP contribution is -2.40. The number of amides is 1. The number of primary amides is 1. The van der Waals surface area contributed by atoms with Crippen LogP contribution in [-0.2, 0) is 11.3 Å². The Morgan fingerprint density at radius 3 is 2.66 bits per heavy atom. The molecule has 4 N–H and O–H groups in total. The Balaban J connectivity index is 0.00000363. The zero-order valence-corrected chi connectivity index (χ0v) is 20.7. The van der Waals surface area contributed by atoms with Crippen LogP contribution in [0, 0.1) is 0 Å². The average Bonchev–Trinajstić information content (AvgIpc) is 3.30. The first-order chi connectivity index (χ1) is 15.0. The Bertz CT molecular complexity index is 1010. The molecule has 10 heteroatoms. The van der Waals surface area contributed by atoms with Crippen molar-refractivity contribution in [2.75, 3.05) is 20.2 Å². The molecule has 1 heterocycles. The molecule has 0 aliphatic rings. The maximum Gasteiger partial charge on any atom is 0.255 e. The van der Waals surface area contributed by atoms with E-state index in [4.69, 9.17) is 22.1 Å². The highest BCUT2D eigenvalue weighted by atomic mass is 127. The van der Waals surface area contributed by atoms with Gasteiger partial charge in [-0.25, -0.2) is 0 Å². The molecule has 0 saturated heterocycles. The van der Waals surface area contributed by atoms with E-state index in [0.717, 1.165) is 11.1 Å². The van der Waals surface area contributed by atoms with Gasteiger partial charge in [0.1, 0.15) is 5.75 Å². The Labute approximate surface area is 209 Å². The number of carbonyl (C=O) groups excluding carboxylic acids is 1. The van der Waals surface area contributed by atoms with E-state index in [1.54, 1.807) is 19.3 Å². The van der Waals surface area contributed by atoms with Gasteiger partial charge in [-0.05, 0) is 41.5 Å². The van der Waals surface area contributed by atoms with Crippen molar-refractivity contribution in [3.05, 3.63) is 83.1 Å². The quantitative estimate of drug-likeness (QED) is 0.209. The van der Waals surface area contributed by atoms with E-state index in [1.165, 1.54) is 0 Å². The SMILES string of the molecule is CN=C(NCc1cccc(OCC(N)=O)c1)NCC(c1ccc(Cl)cc1)n1cccn1.I. The van der Waals surface area contributed by atoms with E-state index in [0.29, 0.717) is 29.8 Å². The molecule has 1 unspecified atom stereocenters. The third-order valence-electron chi connectivity index (χ3n) is 4.52. The maximum absolute atomic E-state index is 10.9. The predicted octanol–water partition coefficient (Wildman–Crippen LogP) is 2.97. The lowest BCUT2D eigenvalue weighted by molar-refractivity contribution is -0.119. The molecule has 170 valence electrons. The van der Waals surface area contributed by atoms with Crippen molar-refractivity contribution in [1.82, 2.24) is 20.4 Å². The average molecular weight is 569 g/mol. The predicted molar refractivity (Wildman–Crippen MR) is 137 cm³/mol. The van der Waals surface area contributed by atoms with E-state index in [9.17, 15) is 4.79 Å². The summed E-state index contributed by atoms with van der Waals surface area (Å²) in [5.74, 6) is 0.720.